The van der Waals surface area contributed by atoms with Crippen LogP contribution < -0.4 is 0 Å². The van der Waals surface area contributed by atoms with Crippen molar-refractivity contribution in [1.29, 1.82) is 0 Å². The number of fused-ring (bicyclic) bond motifs is 3. The number of aliphatic hydroxyl groups excluding tert-OH is 1. The molecule has 2 unspecified atom stereocenters. The Morgan fingerprint density at radius 2 is 1.61 bits per heavy atom. The molecule has 5 bridgehead atoms. The number of aliphatic hydroxyl groups is 2. The third-order valence-electron chi connectivity index (χ3n) is 6.94. The molecule has 0 amide bonds. The standard InChI is InChI=1S/C15H24O3/c1-13(17)9-3-10-5-11(13)6-15(8-16)7-12(4-9)14(10,2)18-15/h9-12,16-17H,3-8H2,1-2H3/t9-,10-,11?,12?,13-,14-,15+/m0/s1. The Kier molecular flexibility index (Phi) is 2.03. The second-order valence-electron chi connectivity index (χ2n) is 7.76. The second-order valence-corrected chi connectivity index (χ2v) is 7.76. The zero-order valence-corrected chi connectivity index (χ0v) is 11.4. The molecule has 2 saturated carbocycles. The smallest absolute Gasteiger partial charge is 0.0927 e. The number of rotatable bonds is 1. The lowest BCUT2D eigenvalue weighted by Gasteiger charge is -2.56. The van der Waals surface area contributed by atoms with E-state index in [2.05, 4.69) is 6.92 Å². The summed E-state index contributed by atoms with van der Waals surface area (Å²) in [5, 5.41) is 20.7. The van der Waals surface area contributed by atoms with Gasteiger partial charge < -0.3 is 14.9 Å². The molecule has 4 fully saturated rings. The highest BCUT2D eigenvalue weighted by atomic mass is 16.5. The molecule has 0 spiro atoms. The van der Waals surface area contributed by atoms with Crippen molar-refractivity contribution < 1.29 is 14.9 Å². The van der Waals surface area contributed by atoms with Gasteiger partial charge in [0.25, 0.3) is 0 Å². The molecule has 2 aliphatic heterocycles. The monoisotopic (exact) mass is 252 g/mol. The first-order valence-electron chi connectivity index (χ1n) is 7.43. The van der Waals surface area contributed by atoms with Gasteiger partial charge in [-0.2, -0.15) is 0 Å². The van der Waals surface area contributed by atoms with Crippen LogP contribution in [0, 0.1) is 23.7 Å². The molecule has 4 rings (SSSR count). The molecule has 2 aliphatic carbocycles. The third kappa shape index (κ3) is 1.17. The molecular formula is C15H24O3. The Labute approximate surface area is 109 Å². The Morgan fingerprint density at radius 1 is 1.00 bits per heavy atom. The zero-order valence-electron chi connectivity index (χ0n) is 11.4. The lowest BCUT2D eigenvalue weighted by atomic mass is 9.50. The van der Waals surface area contributed by atoms with Crippen LogP contribution >= 0.6 is 0 Å². The van der Waals surface area contributed by atoms with Gasteiger partial charge in [-0.25, -0.2) is 0 Å². The van der Waals surface area contributed by atoms with Crippen molar-refractivity contribution in [1.82, 2.24) is 0 Å². The summed E-state index contributed by atoms with van der Waals surface area (Å²) in [7, 11) is 0. The molecular weight excluding hydrogens is 228 g/mol. The highest BCUT2D eigenvalue weighted by Crippen LogP contribution is 2.65. The van der Waals surface area contributed by atoms with E-state index < -0.39 is 5.60 Å². The van der Waals surface area contributed by atoms with Gasteiger partial charge >= 0.3 is 0 Å². The van der Waals surface area contributed by atoms with Crippen LogP contribution in [0.4, 0.5) is 0 Å². The Balaban J connectivity index is 1.85. The minimum atomic E-state index is -0.551. The summed E-state index contributed by atoms with van der Waals surface area (Å²) in [6.45, 7) is 4.40. The van der Waals surface area contributed by atoms with Crippen LogP contribution in [0.2, 0.25) is 0 Å². The van der Waals surface area contributed by atoms with Crippen molar-refractivity contribution in [3.8, 4) is 0 Å². The summed E-state index contributed by atoms with van der Waals surface area (Å²) in [6.07, 6.45) is 5.11. The van der Waals surface area contributed by atoms with E-state index in [9.17, 15) is 10.2 Å². The van der Waals surface area contributed by atoms with E-state index in [0.717, 1.165) is 32.1 Å². The van der Waals surface area contributed by atoms with E-state index in [0.29, 0.717) is 23.7 Å². The van der Waals surface area contributed by atoms with Crippen LogP contribution in [-0.4, -0.2) is 33.6 Å². The van der Waals surface area contributed by atoms with Crippen LogP contribution in [0.3, 0.4) is 0 Å². The topological polar surface area (TPSA) is 49.7 Å². The summed E-state index contributed by atoms with van der Waals surface area (Å²) in [5.74, 6) is 1.86. The first-order chi connectivity index (χ1) is 8.40. The van der Waals surface area contributed by atoms with Gasteiger partial charge in [0.15, 0.2) is 0 Å². The van der Waals surface area contributed by atoms with Crippen LogP contribution in [0.15, 0.2) is 0 Å². The fourth-order valence-corrected chi connectivity index (χ4v) is 5.74. The molecule has 3 nitrogen and oxygen atoms in total. The molecule has 102 valence electrons. The predicted octanol–water partition coefficient (Wildman–Crippen LogP) is 1.71. The van der Waals surface area contributed by atoms with Crippen molar-refractivity contribution in [2.75, 3.05) is 6.61 Å². The summed E-state index contributed by atoms with van der Waals surface area (Å²) in [5.41, 5.74) is -0.951. The molecule has 18 heavy (non-hydrogen) atoms. The fourth-order valence-electron chi connectivity index (χ4n) is 5.74. The number of ether oxygens (including phenoxy) is 1. The van der Waals surface area contributed by atoms with Crippen molar-refractivity contribution >= 4 is 0 Å². The van der Waals surface area contributed by atoms with E-state index in [1.54, 1.807) is 0 Å². The van der Waals surface area contributed by atoms with Gasteiger partial charge in [-0.15, -0.1) is 0 Å². The predicted molar refractivity (Wildman–Crippen MR) is 67.0 cm³/mol. The molecule has 2 heterocycles. The number of hydrogen-bond acceptors (Lipinski definition) is 3. The van der Waals surface area contributed by atoms with E-state index in [1.165, 1.54) is 0 Å². The first kappa shape index (κ1) is 11.7. The van der Waals surface area contributed by atoms with Crippen LogP contribution in [0.5, 0.6) is 0 Å². The Bertz CT molecular complexity index is 393. The quantitative estimate of drug-likeness (QED) is 0.747. The molecule has 0 aromatic carbocycles. The summed E-state index contributed by atoms with van der Waals surface area (Å²) < 4.78 is 6.44. The maximum absolute atomic E-state index is 10.9. The van der Waals surface area contributed by atoms with Crippen molar-refractivity contribution in [3.05, 3.63) is 0 Å². The molecule has 0 radical (unpaired) electrons. The maximum atomic E-state index is 10.9. The van der Waals surface area contributed by atoms with Gasteiger partial charge in [0.1, 0.15) is 0 Å². The molecule has 0 aromatic rings. The van der Waals surface area contributed by atoms with Crippen molar-refractivity contribution in [2.45, 2.75) is 62.8 Å². The van der Waals surface area contributed by atoms with Gasteiger partial charge in [-0.05, 0) is 69.6 Å². The molecule has 4 aliphatic rings. The average Bonchev–Trinajstić information content (AvgIpc) is 2.54. The summed E-state index contributed by atoms with van der Waals surface area (Å²) >= 11 is 0. The minimum absolute atomic E-state index is 0.0372. The molecule has 0 aromatic heterocycles. The highest BCUT2D eigenvalue weighted by Gasteiger charge is 2.67. The van der Waals surface area contributed by atoms with E-state index in [1.807, 2.05) is 6.92 Å². The molecule has 2 N–H and O–H groups in total. The van der Waals surface area contributed by atoms with Crippen LogP contribution in [0.25, 0.3) is 0 Å². The Morgan fingerprint density at radius 3 is 2.33 bits per heavy atom. The largest absolute Gasteiger partial charge is 0.393 e. The van der Waals surface area contributed by atoms with Gasteiger partial charge in [-0.1, -0.05) is 0 Å². The van der Waals surface area contributed by atoms with E-state index in [4.69, 9.17) is 4.74 Å². The fraction of sp³-hybridized carbons (Fsp3) is 1.00. The molecule has 7 atom stereocenters. The minimum Gasteiger partial charge on any atom is -0.393 e. The van der Waals surface area contributed by atoms with Gasteiger partial charge in [0.2, 0.25) is 0 Å². The summed E-state index contributed by atoms with van der Waals surface area (Å²) in [6, 6.07) is 0. The van der Waals surface area contributed by atoms with Gasteiger partial charge in [0.05, 0.1) is 23.4 Å². The van der Waals surface area contributed by atoms with Gasteiger partial charge in [-0.3, -0.25) is 0 Å². The first-order valence-corrected chi connectivity index (χ1v) is 7.43. The number of hydrogen-bond donors (Lipinski definition) is 2. The highest BCUT2D eigenvalue weighted by molar-refractivity contribution is 5.16. The maximum Gasteiger partial charge on any atom is 0.0927 e. The van der Waals surface area contributed by atoms with Crippen molar-refractivity contribution in [2.24, 2.45) is 23.7 Å². The third-order valence-corrected chi connectivity index (χ3v) is 6.94. The second kappa shape index (κ2) is 3.13. The summed E-state index contributed by atoms with van der Waals surface area (Å²) in [4.78, 5) is 0. The lowest BCUT2D eigenvalue weighted by molar-refractivity contribution is -0.169. The SMILES string of the molecule is C[C@@]1(O)C2C[C@@H]3C[C@H]1CC1C[C@@](CO)(C2)O[C@]13C. The zero-order chi connectivity index (χ0) is 12.8. The Hall–Kier alpha value is -0.120. The normalized spacial score (nSPS) is 65.3. The molecule has 3 heteroatoms. The van der Waals surface area contributed by atoms with Crippen LogP contribution in [-0.2, 0) is 4.74 Å². The molecule has 2 saturated heterocycles. The average molecular weight is 252 g/mol. The van der Waals surface area contributed by atoms with Gasteiger partial charge in [0, 0.05) is 0 Å². The van der Waals surface area contributed by atoms with E-state index in [-0.39, 0.29) is 17.8 Å². The van der Waals surface area contributed by atoms with E-state index >= 15 is 0 Å². The lowest BCUT2D eigenvalue weighted by Crippen LogP contribution is -2.58. The van der Waals surface area contributed by atoms with Crippen molar-refractivity contribution in [3.63, 3.8) is 0 Å². The van der Waals surface area contributed by atoms with Crippen LogP contribution in [0.1, 0.15) is 46.0 Å².